The first-order chi connectivity index (χ1) is 10.3. The molecule has 2 rings (SSSR count). The number of hydrogen-bond acceptors (Lipinski definition) is 6. The lowest BCUT2D eigenvalue weighted by atomic mass is 10.2. The summed E-state index contributed by atoms with van der Waals surface area (Å²) in [6.45, 7) is 1.12. The van der Waals surface area contributed by atoms with Gasteiger partial charge in [0.05, 0.1) is 4.90 Å². The summed E-state index contributed by atoms with van der Waals surface area (Å²) >= 11 is 0. The fourth-order valence-corrected chi connectivity index (χ4v) is 2.72. The average molecular weight is 326 g/mol. The summed E-state index contributed by atoms with van der Waals surface area (Å²) in [7, 11) is -3.87. The van der Waals surface area contributed by atoms with Gasteiger partial charge >= 0.3 is 5.97 Å². The molecule has 118 valence electrons. The van der Waals surface area contributed by atoms with E-state index in [0.29, 0.717) is 5.06 Å². The largest absolute Gasteiger partial charge is 0.347 e. The van der Waals surface area contributed by atoms with Crippen molar-refractivity contribution in [2.45, 2.75) is 24.7 Å². The standard InChI is InChI=1S/C13H14N2O6S/c1-9-2-4-10(5-3-9)22(19,20)14-8-13(18)21-15-11(16)6-7-12(15)17/h2-5,14H,6-8H2,1H3. The van der Waals surface area contributed by atoms with Crippen LogP contribution in [0, 0.1) is 6.92 Å². The van der Waals surface area contributed by atoms with Crippen LogP contribution in [-0.2, 0) is 29.2 Å². The van der Waals surface area contributed by atoms with Crippen molar-refractivity contribution in [3.05, 3.63) is 29.8 Å². The Morgan fingerprint density at radius 1 is 1.18 bits per heavy atom. The highest BCUT2D eigenvalue weighted by Gasteiger charge is 2.33. The monoisotopic (exact) mass is 326 g/mol. The van der Waals surface area contributed by atoms with Crippen LogP contribution in [-0.4, -0.2) is 37.8 Å². The first-order valence-electron chi connectivity index (χ1n) is 6.42. The van der Waals surface area contributed by atoms with E-state index in [1.165, 1.54) is 12.1 Å². The Morgan fingerprint density at radius 2 is 1.73 bits per heavy atom. The van der Waals surface area contributed by atoms with Crippen LogP contribution in [0.3, 0.4) is 0 Å². The average Bonchev–Trinajstić information content (AvgIpc) is 2.78. The number of rotatable bonds is 5. The number of benzene rings is 1. The van der Waals surface area contributed by atoms with Crippen LogP contribution in [0.5, 0.6) is 0 Å². The number of hydroxylamine groups is 2. The summed E-state index contributed by atoms with van der Waals surface area (Å²) in [6, 6.07) is 6.04. The number of sulfonamides is 1. The Hall–Kier alpha value is -2.26. The fourth-order valence-electron chi connectivity index (χ4n) is 1.75. The van der Waals surface area contributed by atoms with Crippen molar-refractivity contribution >= 4 is 27.8 Å². The minimum atomic E-state index is -3.87. The van der Waals surface area contributed by atoms with Gasteiger partial charge in [-0.2, -0.15) is 4.72 Å². The molecule has 0 bridgehead atoms. The van der Waals surface area contributed by atoms with Crippen LogP contribution in [0.15, 0.2) is 29.2 Å². The molecule has 1 N–H and O–H groups in total. The zero-order valence-electron chi connectivity index (χ0n) is 11.7. The van der Waals surface area contributed by atoms with Gasteiger partial charge in [-0.3, -0.25) is 9.59 Å². The number of nitrogens with one attached hydrogen (secondary N) is 1. The summed E-state index contributed by atoms with van der Waals surface area (Å²) in [6.07, 6.45) is -0.0532. The second-order valence-electron chi connectivity index (χ2n) is 4.68. The van der Waals surface area contributed by atoms with E-state index in [1.54, 1.807) is 12.1 Å². The van der Waals surface area contributed by atoms with Gasteiger partial charge in [0, 0.05) is 12.8 Å². The molecule has 9 heteroatoms. The first kappa shape index (κ1) is 16.1. The van der Waals surface area contributed by atoms with Gasteiger partial charge in [0.2, 0.25) is 10.0 Å². The molecule has 1 aromatic rings. The van der Waals surface area contributed by atoms with Crippen LogP contribution in [0.1, 0.15) is 18.4 Å². The molecule has 1 aliphatic heterocycles. The van der Waals surface area contributed by atoms with Gasteiger partial charge in [-0.25, -0.2) is 13.2 Å². The first-order valence-corrected chi connectivity index (χ1v) is 7.91. The number of hydrogen-bond donors (Lipinski definition) is 1. The summed E-state index contributed by atoms with van der Waals surface area (Å²) in [5.41, 5.74) is 0.893. The van der Waals surface area contributed by atoms with Crippen LogP contribution >= 0.6 is 0 Å². The van der Waals surface area contributed by atoms with Crippen LogP contribution < -0.4 is 4.72 Å². The molecule has 1 fully saturated rings. The Bertz CT molecular complexity index is 695. The van der Waals surface area contributed by atoms with Crippen molar-refractivity contribution in [3.8, 4) is 0 Å². The molecule has 0 atom stereocenters. The van der Waals surface area contributed by atoms with Crippen molar-refractivity contribution in [1.29, 1.82) is 0 Å². The van der Waals surface area contributed by atoms with Crippen LogP contribution in [0.2, 0.25) is 0 Å². The maximum atomic E-state index is 11.9. The van der Waals surface area contributed by atoms with E-state index >= 15 is 0 Å². The summed E-state index contributed by atoms with van der Waals surface area (Å²) in [5.74, 6) is -2.29. The van der Waals surface area contributed by atoms with Crippen molar-refractivity contribution < 1.29 is 27.6 Å². The van der Waals surface area contributed by atoms with E-state index < -0.39 is 34.4 Å². The molecule has 0 aliphatic carbocycles. The summed E-state index contributed by atoms with van der Waals surface area (Å²) in [5, 5.41) is 0.364. The Balaban J connectivity index is 1.94. The summed E-state index contributed by atoms with van der Waals surface area (Å²) in [4.78, 5) is 38.6. The van der Waals surface area contributed by atoms with Gasteiger partial charge in [0.25, 0.3) is 11.8 Å². The lowest BCUT2D eigenvalue weighted by Gasteiger charge is -2.13. The van der Waals surface area contributed by atoms with E-state index in [-0.39, 0.29) is 17.7 Å². The molecule has 0 radical (unpaired) electrons. The fraction of sp³-hybridized carbons (Fsp3) is 0.308. The second-order valence-corrected chi connectivity index (χ2v) is 6.45. The molecular weight excluding hydrogens is 312 g/mol. The third-order valence-corrected chi connectivity index (χ3v) is 4.35. The van der Waals surface area contributed by atoms with Crippen LogP contribution in [0.4, 0.5) is 0 Å². The zero-order valence-corrected chi connectivity index (χ0v) is 12.6. The zero-order chi connectivity index (χ0) is 16.3. The molecule has 0 unspecified atom stereocenters. The molecular formula is C13H14N2O6S. The van der Waals surface area contributed by atoms with E-state index in [0.717, 1.165) is 5.56 Å². The topological polar surface area (TPSA) is 110 Å². The second kappa shape index (κ2) is 6.24. The van der Waals surface area contributed by atoms with Crippen molar-refractivity contribution in [3.63, 3.8) is 0 Å². The number of aryl methyl sites for hydroxylation is 1. The number of amides is 2. The smallest absolute Gasteiger partial charge is 0.329 e. The Labute approximate surface area is 127 Å². The van der Waals surface area contributed by atoms with Crippen molar-refractivity contribution in [2.75, 3.05) is 6.54 Å². The lowest BCUT2D eigenvalue weighted by Crippen LogP contribution is -2.37. The SMILES string of the molecule is Cc1ccc(S(=O)(=O)NCC(=O)ON2C(=O)CCC2=O)cc1. The molecule has 22 heavy (non-hydrogen) atoms. The molecule has 0 spiro atoms. The highest BCUT2D eigenvalue weighted by atomic mass is 32.2. The van der Waals surface area contributed by atoms with Crippen molar-refractivity contribution in [2.24, 2.45) is 0 Å². The maximum absolute atomic E-state index is 11.9. The maximum Gasteiger partial charge on any atom is 0.347 e. The highest BCUT2D eigenvalue weighted by Crippen LogP contribution is 2.12. The predicted octanol–water partition coefficient (Wildman–Crippen LogP) is -0.119. The highest BCUT2D eigenvalue weighted by molar-refractivity contribution is 7.89. The van der Waals surface area contributed by atoms with E-state index in [4.69, 9.17) is 0 Å². The van der Waals surface area contributed by atoms with Crippen molar-refractivity contribution in [1.82, 2.24) is 9.79 Å². The molecule has 0 aromatic heterocycles. The molecule has 2 amide bonds. The lowest BCUT2D eigenvalue weighted by molar-refractivity contribution is -0.196. The van der Waals surface area contributed by atoms with Gasteiger partial charge < -0.3 is 4.84 Å². The van der Waals surface area contributed by atoms with E-state index in [9.17, 15) is 22.8 Å². The normalized spacial score (nSPS) is 15.2. The minimum Gasteiger partial charge on any atom is -0.329 e. The van der Waals surface area contributed by atoms with Crippen LogP contribution in [0.25, 0.3) is 0 Å². The minimum absolute atomic E-state index is 0.000717. The Morgan fingerprint density at radius 3 is 2.27 bits per heavy atom. The van der Waals surface area contributed by atoms with Gasteiger partial charge in [-0.05, 0) is 19.1 Å². The molecule has 0 saturated carbocycles. The van der Waals surface area contributed by atoms with Gasteiger partial charge in [-0.1, -0.05) is 17.7 Å². The summed E-state index contributed by atoms with van der Waals surface area (Å²) < 4.78 is 25.9. The molecule has 1 aromatic carbocycles. The number of nitrogens with zero attached hydrogens (tertiary/aromatic N) is 1. The molecule has 1 saturated heterocycles. The van der Waals surface area contributed by atoms with Gasteiger partial charge in [-0.15, -0.1) is 5.06 Å². The Kier molecular flexibility index (Phi) is 4.57. The molecule has 1 aliphatic rings. The number of carbonyl (C=O) groups is 3. The number of carbonyl (C=O) groups excluding carboxylic acids is 3. The quantitative estimate of drug-likeness (QED) is 0.756. The van der Waals surface area contributed by atoms with Gasteiger partial charge in [0.1, 0.15) is 6.54 Å². The molecule has 1 heterocycles. The van der Waals surface area contributed by atoms with Gasteiger partial charge in [0.15, 0.2) is 0 Å². The third kappa shape index (κ3) is 3.68. The third-order valence-electron chi connectivity index (χ3n) is 2.94. The predicted molar refractivity (Wildman–Crippen MR) is 73.5 cm³/mol. The number of imide groups is 1. The molecule has 8 nitrogen and oxygen atoms in total. The van der Waals surface area contributed by atoms with E-state index in [2.05, 4.69) is 4.84 Å². The van der Waals surface area contributed by atoms with E-state index in [1.807, 2.05) is 11.6 Å².